The van der Waals surface area contributed by atoms with Crippen LogP contribution < -0.4 is 5.73 Å². The fourth-order valence-corrected chi connectivity index (χ4v) is 2.51. The number of hydrogen-bond acceptors (Lipinski definition) is 3. The maximum absolute atomic E-state index is 12.2. The average molecular weight is 255 g/mol. The summed E-state index contributed by atoms with van der Waals surface area (Å²) >= 11 is 0. The van der Waals surface area contributed by atoms with Crippen molar-refractivity contribution in [2.75, 3.05) is 26.2 Å². The first-order valence-electron chi connectivity index (χ1n) is 6.83. The highest BCUT2D eigenvalue weighted by molar-refractivity contribution is 5.80. The quantitative estimate of drug-likeness (QED) is 0.775. The number of primary amides is 1. The molecule has 5 nitrogen and oxygen atoms in total. The molecule has 1 aliphatic rings. The second kappa shape index (κ2) is 6.73. The number of carbonyl (C=O) groups is 2. The van der Waals surface area contributed by atoms with E-state index in [4.69, 9.17) is 5.73 Å². The molecule has 18 heavy (non-hydrogen) atoms. The Bertz CT molecular complexity index is 295. The lowest BCUT2D eigenvalue weighted by Gasteiger charge is -2.35. The Kier molecular flexibility index (Phi) is 5.59. The van der Waals surface area contributed by atoms with Crippen LogP contribution in [-0.4, -0.2) is 53.8 Å². The molecule has 1 unspecified atom stereocenters. The van der Waals surface area contributed by atoms with Crippen LogP contribution in [0.25, 0.3) is 0 Å². The molecule has 2 amide bonds. The van der Waals surface area contributed by atoms with Crippen LogP contribution in [0.3, 0.4) is 0 Å². The van der Waals surface area contributed by atoms with Crippen molar-refractivity contribution >= 4 is 11.8 Å². The van der Waals surface area contributed by atoms with E-state index in [1.807, 2.05) is 25.7 Å². The Morgan fingerprint density at radius 1 is 1.28 bits per heavy atom. The number of hydrogen-bond donors (Lipinski definition) is 1. The highest BCUT2D eigenvalue weighted by atomic mass is 16.2. The summed E-state index contributed by atoms with van der Waals surface area (Å²) in [4.78, 5) is 27.3. The summed E-state index contributed by atoms with van der Waals surface area (Å²) in [6.45, 7) is 8.94. The number of likely N-dealkylation sites (tertiary alicyclic amines) is 1. The van der Waals surface area contributed by atoms with Gasteiger partial charge in [0.1, 0.15) is 0 Å². The van der Waals surface area contributed by atoms with Crippen LogP contribution in [0.15, 0.2) is 0 Å². The smallest absolute Gasteiger partial charge is 0.234 e. The van der Waals surface area contributed by atoms with Gasteiger partial charge in [-0.2, -0.15) is 0 Å². The SMILES string of the molecule is CCN(CC)C(=O)C1CCN(C(C)C(N)=O)CC1. The Morgan fingerprint density at radius 3 is 2.17 bits per heavy atom. The van der Waals surface area contributed by atoms with E-state index in [-0.39, 0.29) is 23.8 Å². The van der Waals surface area contributed by atoms with Crippen molar-refractivity contribution in [3.05, 3.63) is 0 Å². The molecule has 1 aliphatic heterocycles. The highest BCUT2D eigenvalue weighted by Gasteiger charge is 2.30. The van der Waals surface area contributed by atoms with Gasteiger partial charge in [0.2, 0.25) is 11.8 Å². The molecule has 0 aromatic heterocycles. The van der Waals surface area contributed by atoms with E-state index in [9.17, 15) is 9.59 Å². The molecule has 0 bridgehead atoms. The molecular formula is C13H25N3O2. The standard InChI is InChI=1S/C13H25N3O2/c1-4-15(5-2)13(18)11-6-8-16(9-7-11)10(3)12(14)17/h10-11H,4-9H2,1-3H3,(H2,14,17). The minimum Gasteiger partial charge on any atom is -0.368 e. The monoisotopic (exact) mass is 255 g/mol. The number of piperidine rings is 1. The van der Waals surface area contributed by atoms with Crippen LogP contribution in [0.2, 0.25) is 0 Å². The van der Waals surface area contributed by atoms with Crippen LogP contribution in [0.1, 0.15) is 33.6 Å². The van der Waals surface area contributed by atoms with Crippen LogP contribution in [0, 0.1) is 5.92 Å². The summed E-state index contributed by atoms with van der Waals surface area (Å²) in [6.07, 6.45) is 1.65. The Morgan fingerprint density at radius 2 is 1.78 bits per heavy atom. The van der Waals surface area contributed by atoms with E-state index in [2.05, 4.69) is 4.90 Å². The second-order valence-electron chi connectivity index (χ2n) is 4.90. The fraction of sp³-hybridized carbons (Fsp3) is 0.846. The van der Waals surface area contributed by atoms with Gasteiger partial charge in [-0.05, 0) is 46.7 Å². The second-order valence-corrected chi connectivity index (χ2v) is 4.90. The maximum Gasteiger partial charge on any atom is 0.234 e. The first-order valence-corrected chi connectivity index (χ1v) is 6.83. The average Bonchev–Trinajstić information content (AvgIpc) is 2.39. The third-order valence-corrected chi connectivity index (χ3v) is 3.91. The van der Waals surface area contributed by atoms with E-state index < -0.39 is 0 Å². The molecule has 5 heteroatoms. The lowest BCUT2D eigenvalue weighted by molar-refractivity contribution is -0.137. The normalized spacial score (nSPS) is 19.5. The topological polar surface area (TPSA) is 66.6 Å². The van der Waals surface area contributed by atoms with Gasteiger partial charge in [-0.1, -0.05) is 0 Å². The van der Waals surface area contributed by atoms with Gasteiger partial charge in [0.25, 0.3) is 0 Å². The molecule has 2 N–H and O–H groups in total. The third-order valence-electron chi connectivity index (χ3n) is 3.91. The van der Waals surface area contributed by atoms with Gasteiger partial charge in [0.15, 0.2) is 0 Å². The molecule has 0 aromatic rings. The van der Waals surface area contributed by atoms with E-state index in [1.165, 1.54) is 0 Å². The summed E-state index contributed by atoms with van der Waals surface area (Å²) in [7, 11) is 0. The molecular weight excluding hydrogens is 230 g/mol. The zero-order valence-corrected chi connectivity index (χ0v) is 11.7. The summed E-state index contributed by atoms with van der Waals surface area (Å²) < 4.78 is 0. The van der Waals surface area contributed by atoms with E-state index >= 15 is 0 Å². The lowest BCUT2D eigenvalue weighted by atomic mass is 9.94. The zero-order chi connectivity index (χ0) is 13.7. The number of carbonyl (C=O) groups excluding carboxylic acids is 2. The number of nitrogens with zero attached hydrogens (tertiary/aromatic N) is 2. The van der Waals surface area contributed by atoms with Gasteiger partial charge in [-0.3, -0.25) is 14.5 Å². The number of amides is 2. The van der Waals surface area contributed by atoms with Crippen molar-refractivity contribution in [3.8, 4) is 0 Å². The Hall–Kier alpha value is -1.10. The van der Waals surface area contributed by atoms with Gasteiger partial charge >= 0.3 is 0 Å². The predicted molar refractivity (Wildman–Crippen MR) is 70.9 cm³/mol. The first kappa shape index (κ1) is 15.0. The van der Waals surface area contributed by atoms with Gasteiger partial charge < -0.3 is 10.6 Å². The minimum atomic E-state index is -0.288. The van der Waals surface area contributed by atoms with E-state index in [0.29, 0.717) is 0 Å². The number of rotatable bonds is 5. The molecule has 104 valence electrons. The molecule has 0 spiro atoms. The molecule has 0 aliphatic carbocycles. The van der Waals surface area contributed by atoms with Crippen molar-refractivity contribution in [1.82, 2.24) is 9.80 Å². The zero-order valence-electron chi connectivity index (χ0n) is 11.7. The van der Waals surface area contributed by atoms with Gasteiger partial charge in [-0.15, -0.1) is 0 Å². The van der Waals surface area contributed by atoms with Gasteiger partial charge in [-0.25, -0.2) is 0 Å². The molecule has 1 fully saturated rings. The van der Waals surface area contributed by atoms with Crippen LogP contribution in [0.5, 0.6) is 0 Å². The Labute approximate surface area is 109 Å². The predicted octanol–water partition coefficient (Wildman–Crippen LogP) is 0.441. The molecule has 1 saturated heterocycles. The molecule has 1 atom stereocenters. The Balaban J connectivity index is 2.48. The third kappa shape index (κ3) is 3.45. The largest absolute Gasteiger partial charge is 0.368 e. The highest BCUT2D eigenvalue weighted by Crippen LogP contribution is 2.21. The van der Waals surface area contributed by atoms with Crippen LogP contribution >= 0.6 is 0 Å². The summed E-state index contributed by atoms with van der Waals surface area (Å²) in [6, 6.07) is -0.227. The van der Waals surface area contributed by atoms with Crippen LogP contribution in [-0.2, 0) is 9.59 Å². The first-order chi connectivity index (χ1) is 8.51. The molecule has 0 radical (unpaired) electrons. The van der Waals surface area contributed by atoms with E-state index in [1.54, 1.807) is 0 Å². The molecule has 0 saturated carbocycles. The van der Waals surface area contributed by atoms with Crippen LogP contribution in [0.4, 0.5) is 0 Å². The van der Waals surface area contributed by atoms with Gasteiger partial charge in [0.05, 0.1) is 6.04 Å². The van der Waals surface area contributed by atoms with E-state index in [0.717, 1.165) is 39.0 Å². The van der Waals surface area contributed by atoms with Crippen molar-refractivity contribution in [3.63, 3.8) is 0 Å². The van der Waals surface area contributed by atoms with Crippen molar-refractivity contribution in [2.24, 2.45) is 11.7 Å². The summed E-state index contributed by atoms with van der Waals surface area (Å²) in [5.41, 5.74) is 5.30. The molecule has 1 rings (SSSR count). The van der Waals surface area contributed by atoms with Gasteiger partial charge in [0, 0.05) is 19.0 Å². The molecule has 1 heterocycles. The molecule has 0 aromatic carbocycles. The number of nitrogens with two attached hydrogens (primary N) is 1. The summed E-state index contributed by atoms with van der Waals surface area (Å²) in [5.74, 6) is 0.0797. The summed E-state index contributed by atoms with van der Waals surface area (Å²) in [5, 5.41) is 0. The van der Waals surface area contributed by atoms with Crippen molar-refractivity contribution in [1.29, 1.82) is 0 Å². The minimum absolute atomic E-state index is 0.112. The van der Waals surface area contributed by atoms with Crippen molar-refractivity contribution < 1.29 is 9.59 Å². The van der Waals surface area contributed by atoms with Crippen molar-refractivity contribution in [2.45, 2.75) is 39.7 Å². The lowest BCUT2D eigenvalue weighted by Crippen LogP contribution is -2.49. The maximum atomic E-state index is 12.2. The fourth-order valence-electron chi connectivity index (χ4n) is 2.51.